The summed E-state index contributed by atoms with van der Waals surface area (Å²) in [6.07, 6.45) is 0.894. The Kier molecular flexibility index (Phi) is 5.56. The predicted octanol–water partition coefficient (Wildman–Crippen LogP) is -0.265. The number of likely N-dealkylation sites (tertiary alicyclic amines) is 1. The van der Waals surface area contributed by atoms with Crippen LogP contribution in [-0.4, -0.2) is 65.4 Å². The van der Waals surface area contributed by atoms with E-state index >= 15 is 0 Å². The van der Waals surface area contributed by atoms with E-state index in [1.54, 1.807) is 7.11 Å². The first-order valence-electron chi connectivity index (χ1n) is 5.97. The van der Waals surface area contributed by atoms with Gasteiger partial charge < -0.3 is 25.2 Å². The number of rotatable bonds is 5. The Labute approximate surface area is 110 Å². The highest BCUT2D eigenvalue weighted by Gasteiger charge is 2.28. The number of nitrogens with zero attached hydrogens (tertiary/aromatic N) is 1. The number of piperidine rings is 1. The van der Waals surface area contributed by atoms with Crippen LogP contribution in [0, 0.1) is 0 Å². The van der Waals surface area contributed by atoms with E-state index in [0.717, 1.165) is 12.8 Å². The average Bonchev–Trinajstić information content (AvgIpc) is 2.37. The van der Waals surface area contributed by atoms with E-state index in [0.29, 0.717) is 13.1 Å². The normalized spacial score (nSPS) is 20.7. The fraction of sp³-hybridized carbons (Fsp3) is 0.727. The molecule has 0 radical (unpaired) electrons. The third-order valence-corrected chi connectivity index (χ3v) is 2.97. The number of hydrogen-bond acceptors (Lipinski definition) is 4. The van der Waals surface area contributed by atoms with Gasteiger partial charge in [0.1, 0.15) is 6.04 Å². The van der Waals surface area contributed by atoms with Gasteiger partial charge in [0, 0.05) is 20.2 Å². The molecule has 8 heteroatoms. The number of urea groups is 1. The summed E-state index contributed by atoms with van der Waals surface area (Å²) in [5.74, 6) is -2.64. The van der Waals surface area contributed by atoms with Gasteiger partial charge in [-0.3, -0.25) is 4.79 Å². The lowest BCUT2D eigenvalue weighted by atomic mass is 10.1. The molecule has 2 atom stereocenters. The lowest BCUT2D eigenvalue weighted by Gasteiger charge is -2.32. The quantitative estimate of drug-likeness (QED) is 0.635. The molecule has 19 heavy (non-hydrogen) atoms. The lowest BCUT2D eigenvalue weighted by Crippen LogP contribution is -2.52. The Balaban J connectivity index is 2.56. The first-order valence-corrected chi connectivity index (χ1v) is 5.97. The zero-order valence-corrected chi connectivity index (χ0v) is 10.7. The molecule has 1 unspecified atom stereocenters. The molecule has 0 aromatic heterocycles. The van der Waals surface area contributed by atoms with Gasteiger partial charge in [-0.15, -0.1) is 0 Å². The Morgan fingerprint density at radius 1 is 1.42 bits per heavy atom. The second-order valence-corrected chi connectivity index (χ2v) is 4.38. The minimum atomic E-state index is -1.42. The number of ether oxygens (including phenoxy) is 1. The van der Waals surface area contributed by atoms with E-state index in [1.165, 1.54) is 4.90 Å². The summed E-state index contributed by atoms with van der Waals surface area (Å²) in [6, 6.07) is -2.00. The largest absolute Gasteiger partial charge is 0.481 e. The van der Waals surface area contributed by atoms with Gasteiger partial charge in [0.25, 0.3) is 0 Å². The molecule has 1 saturated heterocycles. The summed E-state index contributed by atoms with van der Waals surface area (Å²) >= 11 is 0. The summed E-state index contributed by atoms with van der Waals surface area (Å²) in [7, 11) is 1.55. The smallest absolute Gasteiger partial charge is 0.326 e. The molecule has 1 rings (SSSR count). The maximum Gasteiger partial charge on any atom is 0.326 e. The van der Waals surface area contributed by atoms with Gasteiger partial charge in [0.05, 0.1) is 12.5 Å². The molecule has 0 bridgehead atoms. The van der Waals surface area contributed by atoms with Crippen molar-refractivity contribution in [2.24, 2.45) is 0 Å². The van der Waals surface area contributed by atoms with Crippen LogP contribution in [0.15, 0.2) is 0 Å². The second-order valence-electron chi connectivity index (χ2n) is 4.38. The molecule has 0 aromatic carbocycles. The summed E-state index contributed by atoms with van der Waals surface area (Å²) in [6.45, 7) is 0.882. The number of carboxylic acids is 2. The van der Waals surface area contributed by atoms with Crippen LogP contribution >= 0.6 is 0 Å². The van der Waals surface area contributed by atoms with Gasteiger partial charge in [-0.25, -0.2) is 9.59 Å². The molecule has 0 aliphatic carbocycles. The third kappa shape index (κ3) is 4.74. The van der Waals surface area contributed by atoms with Crippen molar-refractivity contribution < 1.29 is 29.3 Å². The molecule has 1 fully saturated rings. The molecule has 2 amide bonds. The zero-order chi connectivity index (χ0) is 14.4. The van der Waals surface area contributed by atoms with Crippen LogP contribution in [0.4, 0.5) is 4.79 Å². The molecular weight excluding hydrogens is 256 g/mol. The molecule has 1 aliphatic rings. The second kappa shape index (κ2) is 6.93. The highest BCUT2D eigenvalue weighted by atomic mass is 16.5. The van der Waals surface area contributed by atoms with E-state index in [9.17, 15) is 14.4 Å². The summed E-state index contributed by atoms with van der Waals surface area (Å²) in [4.78, 5) is 34.7. The third-order valence-electron chi connectivity index (χ3n) is 2.97. The van der Waals surface area contributed by atoms with Gasteiger partial charge in [-0.2, -0.15) is 0 Å². The highest BCUT2D eigenvalue weighted by molar-refractivity contribution is 5.86. The van der Waals surface area contributed by atoms with Gasteiger partial charge in [-0.05, 0) is 12.8 Å². The van der Waals surface area contributed by atoms with Crippen molar-refractivity contribution in [1.29, 1.82) is 0 Å². The van der Waals surface area contributed by atoms with Crippen molar-refractivity contribution in [2.45, 2.75) is 31.4 Å². The van der Waals surface area contributed by atoms with Gasteiger partial charge in [-0.1, -0.05) is 0 Å². The number of carbonyl (C=O) groups is 3. The Morgan fingerprint density at radius 3 is 2.63 bits per heavy atom. The van der Waals surface area contributed by atoms with Crippen LogP contribution in [0.3, 0.4) is 0 Å². The topological polar surface area (TPSA) is 116 Å². The summed E-state index contributed by atoms with van der Waals surface area (Å²) < 4.78 is 5.16. The highest BCUT2D eigenvalue weighted by Crippen LogP contribution is 2.12. The number of carbonyl (C=O) groups excluding carboxylic acids is 1. The Hall–Kier alpha value is -1.83. The van der Waals surface area contributed by atoms with Crippen LogP contribution in [-0.2, 0) is 14.3 Å². The molecule has 0 spiro atoms. The Bertz CT molecular complexity index is 359. The number of carboxylic acid groups (broad SMARTS) is 2. The first kappa shape index (κ1) is 15.2. The van der Waals surface area contributed by atoms with Crippen LogP contribution in [0.1, 0.15) is 19.3 Å². The van der Waals surface area contributed by atoms with Crippen molar-refractivity contribution in [3.8, 4) is 0 Å². The molecule has 0 saturated carbocycles. The van der Waals surface area contributed by atoms with Crippen LogP contribution in [0.25, 0.3) is 0 Å². The molecule has 1 aliphatic heterocycles. The minimum Gasteiger partial charge on any atom is -0.481 e. The van der Waals surface area contributed by atoms with E-state index in [1.807, 2.05) is 0 Å². The van der Waals surface area contributed by atoms with Gasteiger partial charge in [0.2, 0.25) is 0 Å². The number of hydrogen-bond donors (Lipinski definition) is 3. The minimum absolute atomic E-state index is 0.0674. The van der Waals surface area contributed by atoms with Crippen molar-refractivity contribution in [1.82, 2.24) is 10.2 Å². The predicted molar refractivity (Wildman–Crippen MR) is 63.8 cm³/mol. The first-order chi connectivity index (χ1) is 8.93. The monoisotopic (exact) mass is 274 g/mol. The van der Waals surface area contributed by atoms with Gasteiger partial charge in [0.15, 0.2) is 0 Å². The summed E-state index contributed by atoms with van der Waals surface area (Å²) in [5.41, 5.74) is 0. The number of methoxy groups -OCH3 is 1. The molecule has 0 aromatic rings. The van der Waals surface area contributed by atoms with Crippen molar-refractivity contribution >= 4 is 18.0 Å². The van der Waals surface area contributed by atoms with E-state index < -0.39 is 30.4 Å². The van der Waals surface area contributed by atoms with Crippen molar-refractivity contribution in [3.63, 3.8) is 0 Å². The molecule has 3 N–H and O–H groups in total. The van der Waals surface area contributed by atoms with Crippen LogP contribution < -0.4 is 5.32 Å². The number of aliphatic carboxylic acids is 2. The van der Waals surface area contributed by atoms with Gasteiger partial charge >= 0.3 is 18.0 Å². The average molecular weight is 274 g/mol. The number of amides is 2. The Morgan fingerprint density at radius 2 is 2.11 bits per heavy atom. The molecule has 8 nitrogen and oxygen atoms in total. The fourth-order valence-electron chi connectivity index (χ4n) is 1.93. The van der Waals surface area contributed by atoms with Crippen LogP contribution in [0.5, 0.6) is 0 Å². The van der Waals surface area contributed by atoms with E-state index in [-0.39, 0.29) is 6.10 Å². The van der Waals surface area contributed by atoms with E-state index in [2.05, 4.69) is 5.32 Å². The van der Waals surface area contributed by atoms with E-state index in [4.69, 9.17) is 14.9 Å². The molecular formula is C11H18N2O6. The maximum absolute atomic E-state index is 11.9. The lowest BCUT2D eigenvalue weighted by molar-refractivity contribution is -0.145. The van der Waals surface area contributed by atoms with Crippen LogP contribution in [0.2, 0.25) is 0 Å². The van der Waals surface area contributed by atoms with Crippen molar-refractivity contribution in [3.05, 3.63) is 0 Å². The molecule has 108 valence electrons. The maximum atomic E-state index is 11.9. The zero-order valence-electron chi connectivity index (χ0n) is 10.7. The summed E-state index contributed by atoms with van der Waals surface area (Å²) in [5, 5.41) is 19.6. The van der Waals surface area contributed by atoms with Crippen molar-refractivity contribution in [2.75, 3.05) is 20.2 Å². The SMILES string of the molecule is COC1CCCN(C(=O)N[C@@H](CC(=O)O)C(=O)O)C1. The fourth-order valence-corrected chi connectivity index (χ4v) is 1.93. The number of nitrogens with one attached hydrogen (secondary N) is 1. The standard InChI is InChI=1S/C11H18N2O6/c1-19-7-3-2-4-13(6-7)11(18)12-8(10(16)17)5-9(14)15/h7-8H,2-6H2,1H3,(H,12,18)(H,14,15)(H,16,17)/t7?,8-/m0/s1. The molecule has 1 heterocycles.